The molecule has 1 saturated heterocycles. The van der Waals surface area contributed by atoms with E-state index in [-0.39, 0.29) is 5.91 Å². The first kappa shape index (κ1) is 22.2. The molecule has 3 aromatic heterocycles. The highest BCUT2D eigenvalue weighted by Gasteiger charge is 2.26. The highest BCUT2D eigenvalue weighted by Crippen LogP contribution is 2.26. The molecule has 0 aliphatic carbocycles. The fourth-order valence-electron chi connectivity index (χ4n) is 4.83. The number of aromatic nitrogens is 4. The van der Waals surface area contributed by atoms with E-state index >= 15 is 0 Å². The fraction of sp³-hybridized carbons (Fsp3) is 0.250. The van der Waals surface area contributed by atoms with Gasteiger partial charge in [0.1, 0.15) is 23.9 Å². The predicted molar refractivity (Wildman–Crippen MR) is 135 cm³/mol. The van der Waals surface area contributed by atoms with E-state index in [1.54, 1.807) is 12.3 Å². The van der Waals surface area contributed by atoms with E-state index in [1.807, 2.05) is 65.6 Å². The van der Waals surface area contributed by atoms with Crippen LogP contribution in [0.4, 0.5) is 0 Å². The van der Waals surface area contributed by atoms with Crippen molar-refractivity contribution in [3.05, 3.63) is 90.6 Å². The van der Waals surface area contributed by atoms with Gasteiger partial charge in [0.2, 0.25) is 0 Å². The topological polar surface area (TPSA) is 89.2 Å². The highest BCUT2D eigenvalue weighted by molar-refractivity contribution is 5.93. The number of aromatic amines is 1. The third kappa shape index (κ3) is 4.49. The Hall–Kier alpha value is -4.33. The minimum absolute atomic E-state index is 0.0486. The molecule has 5 aromatic rings. The number of benzene rings is 2. The maximum absolute atomic E-state index is 13.0. The maximum atomic E-state index is 13.0. The monoisotopic (exact) mass is 481 g/mol. The molecule has 182 valence electrons. The van der Waals surface area contributed by atoms with Gasteiger partial charge in [-0.3, -0.25) is 9.89 Å². The smallest absolute Gasteiger partial charge is 0.274 e. The van der Waals surface area contributed by atoms with Gasteiger partial charge >= 0.3 is 0 Å². The van der Waals surface area contributed by atoms with Crippen molar-refractivity contribution in [1.29, 1.82) is 0 Å². The third-order valence-electron chi connectivity index (χ3n) is 6.77. The van der Waals surface area contributed by atoms with Crippen LogP contribution in [0.15, 0.2) is 83.5 Å². The summed E-state index contributed by atoms with van der Waals surface area (Å²) in [6, 6.07) is 23.4. The van der Waals surface area contributed by atoms with Gasteiger partial charge in [-0.25, -0.2) is 4.98 Å². The summed E-state index contributed by atoms with van der Waals surface area (Å²) in [6.45, 7) is 2.66. The average molecular weight is 482 g/mol. The van der Waals surface area contributed by atoms with Crippen LogP contribution >= 0.6 is 0 Å². The predicted octanol–water partition coefficient (Wildman–Crippen LogP) is 5.15. The van der Waals surface area contributed by atoms with Crippen LogP contribution in [0, 0.1) is 5.92 Å². The lowest BCUT2D eigenvalue weighted by Gasteiger charge is -2.32. The average Bonchev–Trinajstić information content (AvgIpc) is 3.69. The molecule has 4 heterocycles. The lowest BCUT2D eigenvalue weighted by atomic mass is 9.96. The van der Waals surface area contributed by atoms with Crippen LogP contribution in [0.3, 0.4) is 0 Å². The summed E-state index contributed by atoms with van der Waals surface area (Å²) in [6.07, 6.45) is 3.45. The number of H-pyrrole nitrogens is 1. The van der Waals surface area contributed by atoms with Crippen molar-refractivity contribution in [2.24, 2.45) is 5.92 Å². The Morgan fingerprint density at radius 3 is 2.64 bits per heavy atom. The molecular formula is C28H27N5O3. The number of hydrogen-bond acceptors (Lipinski definition) is 5. The summed E-state index contributed by atoms with van der Waals surface area (Å²) in [5.41, 5.74) is 3.21. The molecule has 1 aliphatic heterocycles. The molecule has 0 bridgehead atoms. The van der Waals surface area contributed by atoms with Gasteiger partial charge in [0.25, 0.3) is 5.91 Å². The number of furan rings is 1. The number of hydrogen-bond donors (Lipinski definition) is 1. The van der Waals surface area contributed by atoms with Gasteiger partial charge in [-0.05, 0) is 55.2 Å². The van der Waals surface area contributed by atoms with Crippen molar-refractivity contribution in [1.82, 2.24) is 24.6 Å². The van der Waals surface area contributed by atoms with Gasteiger partial charge in [0.15, 0.2) is 11.5 Å². The van der Waals surface area contributed by atoms with Gasteiger partial charge < -0.3 is 18.6 Å². The molecule has 0 radical (unpaired) electrons. The van der Waals surface area contributed by atoms with E-state index in [2.05, 4.69) is 20.8 Å². The number of carbonyl (C=O) groups excluding carboxylic acids is 1. The van der Waals surface area contributed by atoms with Crippen LogP contribution in [0.5, 0.6) is 5.75 Å². The summed E-state index contributed by atoms with van der Waals surface area (Å²) >= 11 is 0. The first-order valence-electron chi connectivity index (χ1n) is 12.2. The second-order valence-electron chi connectivity index (χ2n) is 9.11. The Morgan fingerprint density at radius 2 is 1.83 bits per heavy atom. The van der Waals surface area contributed by atoms with Crippen LogP contribution in [0.2, 0.25) is 0 Å². The molecule has 8 heteroatoms. The molecule has 1 aliphatic rings. The number of para-hydroxylation sites is 3. The van der Waals surface area contributed by atoms with E-state index in [9.17, 15) is 4.79 Å². The Labute approximate surface area is 208 Å². The molecule has 2 aromatic carbocycles. The van der Waals surface area contributed by atoms with Crippen LogP contribution < -0.4 is 4.74 Å². The summed E-state index contributed by atoms with van der Waals surface area (Å²) in [7, 11) is 0. The molecule has 1 fully saturated rings. The standard InChI is InChI=1S/C28H27N5O3/c34-28(24-17-23(30-31-24)26-11-6-16-35-26)32-14-12-20(13-15-32)18-33-25-10-5-4-9-22(25)29-27(33)19-36-21-7-2-1-3-8-21/h1-11,16-17,20H,12-15,18-19H2,(H,30,31). The summed E-state index contributed by atoms with van der Waals surface area (Å²) in [4.78, 5) is 19.8. The van der Waals surface area contributed by atoms with Gasteiger partial charge in [-0.2, -0.15) is 5.10 Å². The van der Waals surface area contributed by atoms with E-state index < -0.39 is 0 Å². The van der Waals surface area contributed by atoms with E-state index in [1.165, 1.54) is 0 Å². The molecule has 0 unspecified atom stereocenters. The number of rotatable bonds is 7. The Morgan fingerprint density at radius 1 is 1.03 bits per heavy atom. The molecular weight excluding hydrogens is 454 g/mol. The van der Waals surface area contributed by atoms with Gasteiger partial charge in [-0.15, -0.1) is 0 Å². The third-order valence-corrected chi connectivity index (χ3v) is 6.77. The van der Waals surface area contributed by atoms with Crippen LogP contribution in [0.25, 0.3) is 22.5 Å². The van der Waals surface area contributed by atoms with Crippen molar-refractivity contribution in [2.75, 3.05) is 13.1 Å². The normalized spacial score (nSPS) is 14.4. The second-order valence-corrected chi connectivity index (χ2v) is 9.11. The summed E-state index contributed by atoms with van der Waals surface area (Å²) in [5, 5.41) is 7.12. The van der Waals surface area contributed by atoms with Crippen LogP contribution in [0.1, 0.15) is 29.2 Å². The number of likely N-dealkylation sites (tertiary alicyclic amines) is 1. The van der Waals surface area contributed by atoms with Crippen molar-refractivity contribution in [2.45, 2.75) is 26.0 Å². The lowest BCUT2D eigenvalue weighted by Crippen LogP contribution is -2.39. The molecule has 6 rings (SSSR count). The Kier molecular flexibility index (Phi) is 5.99. The minimum Gasteiger partial charge on any atom is -0.486 e. The molecule has 0 saturated carbocycles. The number of nitrogens with one attached hydrogen (secondary N) is 1. The minimum atomic E-state index is -0.0486. The quantitative estimate of drug-likeness (QED) is 0.347. The maximum Gasteiger partial charge on any atom is 0.274 e. The molecule has 36 heavy (non-hydrogen) atoms. The first-order valence-corrected chi connectivity index (χ1v) is 12.2. The summed E-state index contributed by atoms with van der Waals surface area (Å²) < 4.78 is 13.7. The van der Waals surface area contributed by atoms with Crippen molar-refractivity contribution < 1.29 is 13.9 Å². The number of nitrogens with zero attached hydrogens (tertiary/aromatic N) is 4. The number of amides is 1. The SMILES string of the molecule is O=C(c1cc(-c2ccco2)[nH]n1)N1CCC(Cn2c(COc3ccccc3)nc3ccccc32)CC1. The van der Waals surface area contributed by atoms with Crippen LogP contribution in [-0.2, 0) is 13.2 Å². The number of imidazole rings is 1. The number of ether oxygens (including phenoxy) is 1. The molecule has 8 nitrogen and oxygen atoms in total. The van der Waals surface area contributed by atoms with Crippen molar-refractivity contribution in [3.8, 4) is 17.2 Å². The molecule has 0 atom stereocenters. The molecule has 0 spiro atoms. The second kappa shape index (κ2) is 9.73. The zero-order chi connectivity index (χ0) is 24.3. The van der Waals surface area contributed by atoms with E-state index in [0.29, 0.717) is 42.8 Å². The number of carbonyl (C=O) groups is 1. The van der Waals surface area contributed by atoms with E-state index in [0.717, 1.165) is 42.0 Å². The van der Waals surface area contributed by atoms with Gasteiger partial charge in [0, 0.05) is 25.7 Å². The largest absolute Gasteiger partial charge is 0.486 e. The zero-order valence-corrected chi connectivity index (χ0v) is 19.8. The van der Waals surface area contributed by atoms with Crippen molar-refractivity contribution >= 4 is 16.9 Å². The Balaban J connectivity index is 1.12. The number of fused-ring (bicyclic) bond motifs is 1. The molecule has 1 N–H and O–H groups in total. The van der Waals surface area contributed by atoms with E-state index in [4.69, 9.17) is 14.1 Å². The van der Waals surface area contributed by atoms with Gasteiger partial charge in [-0.1, -0.05) is 30.3 Å². The summed E-state index contributed by atoms with van der Waals surface area (Å²) in [5.74, 6) is 2.81. The fourth-order valence-corrected chi connectivity index (χ4v) is 4.83. The number of piperidine rings is 1. The van der Waals surface area contributed by atoms with Crippen LogP contribution in [-0.4, -0.2) is 43.6 Å². The highest BCUT2D eigenvalue weighted by atomic mass is 16.5. The lowest BCUT2D eigenvalue weighted by molar-refractivity contribution is 0.0676. The molecule has 1 amide bonds. The first-order chi connectivity index (χ1) is 17.7. The Bertz CT molecular complexity index is 1450. The van der Waals surface area contributed by atoms with Gasteiger partial charge in [0.05, 0.1) is 17.3 Å². The zero-order valence-electron chi connectivity index (χ0n) is 19.8. The van der Waals surface area contributed by atoms with Crippen molar-refractivity contribution in [3.63, 3.8) is 0 Å².